The molecule has 1 saturated heterocycles. The van der Waals surface area contributed by atoms with E-state index in [2.05, 4.69) is 5.32 Å². The zero-order chi connectivity index (χ0) is 20.0. The fourth-order valence-electron chi connectivity index (χ4n) is 2.70. The quantitative estimate of drug-likeness (QED) is 0.808. The molecule has 0 saturated carbocycles. The van der Waals surface area contributed by atoms with E-state index in [-0.39, 0.29) is 30.2 Å². The van der Waals surface area contributed by atoms with Gasteiger partial charge in [0.2, 0.25) is 5.91 Å². The van der Waals surface area contributed by atoms with Gasteiger partial charge in [-0.05, 0) is 38.1 Å². The van der Waals surface area contributed by atoms with Crippen molar-refractivity contribution in [3.8, 4) is 5.75 Å². The average Bonchev–Trinajstić information content (AvgIpc) is 2.59. The summed E-state index contributed by atoms with van der Waals surface area (Å²) >= 11 is 0. The maximum atomic E-state index is 12.5. The van der Waals surface area contributed by atoms with Crippen LogP contribution in [0.2, 0.25) is 0 Å². The van der Waals surface area contributed by atoms with Crippen LogP contribution in [0.4, 0.5) is 13.2 Å². The van der Waals surface area contributed by atoms with Gasteiger partial charge in [-0.2, -0.15) is 13.2 Å². The van der Waals surface area contributed by atoms with Gasteiger partial charge in [0.25, 0.3) is 5.91 Å². The first-order valence-corrected chi connectivity index (χ1v) is 8.74. The molecule has 1 aromatic rings. The van der Waals surface area contributed by atoms with Crippen molar-refractivity contribution in [2.75, 3.05) is 39.3 Å². The summed E-state index contributed by atoms with van der Waals surface area (Å²) in [4.78, 5) is 27.6. The molecule has 1 fully saturated rings. The maximum Gasteiger partial charge on any atom is 0.416 e. The lowest BCUT2D eigenvalue weighted by Gasteiger charge is -2.34. The third-order valence-corrected chi connectivity index (χ3v) is 4.09. The Morgan fingerprint density at radius 3 is 2.22 bits per heavy atom. The van der Waals surface area contributed by atoms with Gasteiger partial charge in [-0.1, -0.05) is 0 Å². The summed E-state index contributed by atoms with van der Waals surface area (Å²) in [5, 5.41) is 2.82. The highest BCUT2D eigenvalue weighted by molar-refractivity contribution is 5.79. The number of benzene rings is 1. The van der Waals surface area contributed by atoms with Crippen LogP contribution in [0.5, 0.6) is 5.75 Å². The number of halogens is 3. The fourth-order valence-corrected chi connectivity index (χ4v) is 2.70. The third-order valence-electron chi connectivity index (χ3n) is 4.09. The van der Waals surface area contributed by atoms with Crippen LogP contribution in [0.25, 0.3) is 0 Å². The van der Waals surface area contributed by atoms with Gasteiger partial charge >= 0.3 is 6.18 Å². The van der Waals surface area contributed by atoms with Crippen LogP contribution < -0.4 is 10.1 Å². The van der Waals surface area contributed by atoms with Crippen molar-refractivity contribution in [3.05, 3.63) is 29.8 Å². The zero-order valence-corrected chi connectivity index (χ0v) is 15.4. The molecule has 0 aliphatic carbocycles. The van der Waals surface area contributed by atoms with E-state index in [4.69, 9.17) is 4.74 Å². The Hall–Kier alpha value is -2.29. The van der Waals surface area contributed by atoms with E-state index in [9.17, 15) is 22.8 Å². The summed E-state index contributed by atoms with van der Waals surface area (Å²) in [6.07, 6.45) is -4.40. The Morgan fingerprint density at radius 2 is 1.70 bits per heavy atom. The molecule has 9 heteroatoms. The zero-order valence-electron chi connectivity index (χ0n) is 15.4. The Kier molecular flexibility index (Phi) is 7.06. The number of alkyl halides is 3. The number of rotatable bonds is 6. The van der Waals surface area contributed by atoms with Gasteiger partial charge in [-0.15, -0.1) is 0 Å². The molecule has 0 radical (unpaired) electrons. The van der Waals surface area contributed by atoms with Crippen molar-refractivity contribution >= 4 is 11.8 Å². The number of nitrogens with zero attached hydrogens (tertiary/aromatic N) is 2. The van der Waals surface area contributed by atoms with Crippen molar-refractivity contribution < 1.29 is 27.5 Å². The van der Waals surface area contributed by atoms with E-state index in [0.29, 0.717) is 32.7 Å². The molecule has 0 aromatic heterocycles. The maximum absolute atomic E-state index is 12.5. The SMILES string of the molecule is CC(C)NC(=O)CN1CCN(C(=O)COc2ccc(C(F)(F)F)cc2)CC1. The van der Waals surface area contributed by atoms with E-state index < -0.39 is 11.7 Å². The molecule has 1 N–H and O–H groups in total. The molecule has 0 spiro atoms. The van der Waals surface area contributed by atoms with Gasteiger partial charge < -0.3 is 15.0 Å². The Morgan fingerprint density at radius 1 is 1.11 bits per heavy atom. The summed E-state index contributed by atoms with van der Waals surface area (Å²) in [7, 11) is 0. The summed E-state index contributed by atoms with van der Waals surface area (Å²) < 4.78 is 42.8. The molecule has 2 amide bonds. The van der Waals surface area contributed by atoms with Gasteiger partial charge in [0.05, 0.1) is 12.1 Å². The van der Waals surface area contributed by atoms with Crippen LogP contribution in [-0.2, 0) is 15.8 Å². The van der Waals surface area contributed by atoms with Crippen LogP contribution >= 0.6 is 0 Å². The van der Waals surface area contributed by atoms with Gasteiger partial charge in [-0.25, -0.2) is 0 Å². The minimum Gasteiger partial charge on any atom is -0.484 e. The predicted octanol–water partition coefficient (Wildman–Crippen LogP) is 1.75. The minimum atomic E-state index is -4.40. The molecule has 1 aliphatic heterocycles. The highest BCUT2D eigenvalue weighted by Crippen LogP contribution is 2.30. The van der Waals surface area contributed by atoms with Gasteiger partial charge in [0, 0.05) is 32.2 Å². The van der Waals surface area contributed by atoms with Crippen molar-refractivity contribution in [3.63, 3.8) is 0 Å². The van der Waals surface area contributed by atoms with E-state index in [1.165, 1.54) is 12.1 Å². The lowest BCUT2D eigenvalue weighted by molar-refractivity contribution is -0.138. The number of amides is 2. The van der Waals surface area contributed by atoms with E-state index in [0.717, 1.165) is 12.1 Å². The molecular formula is C18H24F3N3O3. The summed E-state index contributed by atoms with van der Waals surface area (Å²) in [5.41, 5.74) is -0.765. The van der Waals surface area contributed by atoms with Crippen molar-refractivity contribution in [1.82, 2.24) is 15.1 Å². The smallest absolute Gasteiger partial charge is 0.416 e. The average molecular weight is 387 g/mol. The molecule has 27 heavy (non-hydrogen) atoms. The normalized spacial score (nSPS) is 15.7. The molecule has 150 valence electrons. The number of ether oxygens (including phenoxy) is 1. The molecule has 1 heterocycles. The van der Waals surface area contributed by atoms with Crippen molar-refractivity contribution in [2.24, 2.45) is 0 Å². The first-order valence-electron chi connectivity index (χ1n) is 8.74. The standard InChI is InChI=1S/C18H24F3N3O3/c1-13(2)22-16(25)11-23-7-9-24(10-8-23)17(26)12-27-15-5-3-14(4-6-15)18(19,20)21/h3-6,13H,7-12H2,1-2H3,(H,22,25). The molecule has 6 nitrogen and oxygen atoms in total. The second-order valence-electron chi connectivity index (χ2n) is 6.69. The third kappa shape index (κ3) is 6.74. The minimum absolute atomic E-state index is 0.0459. The number of hydrogen-bond donors (Lipinski definition) is 1. The largest absolute Gasteiger partial charge is 0.484 e. The summed E-state index contributed by atoms with van der Waals surface area (Å²) in [6, 6.07) is 4.31. The molecule has 0 unspecified atom stereocenters. The highest BCUT2D eigenvalue weighted by atomic mass is 19.4. The van der Waals surface area contributed by atoms with Crippen LogP contribution in [0.15, 0.2) is 24.3 Å². The van der Waals surface area contributed by atoms with Crippen molar-refractivity contribution in [2.45, 2.75) is 26.1 Å². The first kappa shape index (κ1) is 21.0. The Labute approximate surface area is 156 Å². The van der Waals surface area contributed by atoms with E-state index in [1.807, 2.05) is 18.7 Å². The highest BCUT2D eigenvalue weighted by Gasteiger charge is 2.30. The predicted molar refractivity (Wildman–Crippen MR) is 93.2 cm³/mol. The fraction of sp³-hybridized carbons (Fsp3) is 0.556. The van der Waals surface area contributed by atoms with Gasteiger partial charge in [0.15, 0.2) is 6.61 Å². The second kappa shape index (κ2) is 9.07. The molecule has 2 rings (SSSR count). The van der Waals surface area contributed by atoms with Crippen LogP contribution in [0.3, 0.4) is 0 Å². The van der Waals surface area contributed by atoms with Gasteiger partial charge in [0.1, 0.15) is 5.75 Å². The van der Waals surface area contributed by atoms with Gasteiger partial charge in [-0.3, -0.25) is 14.5 Å². The molecule has 1 aliphatic rings. The number of nitrogens with one attached hydrogen (secondary N) is 1. The molecule has 0 atom stereocenters. The Balaban J connectivity index is 1.74. The molecule has 1 aromatic carbocycles. The number of hydrogen-bond acceptors (Lipinski definition) is 4. The number of piperazine rings is 1. The molecule has 0 bridgehead atoms. The summed E-state index contributed by atoms with van der Waals surface area (Å²) in [5.74, 6) is -0.0723. The van der Waals surface area contributed by atoms with E-state index >= 15 is 0 Å². The monoisotopic (exact) mass is 387 g/mol. The topological polar surface area (TPSA) is 61.9 Å². The second-order valence-corrected chi connectivity index (χ2v) is 6.69. The lowest BCUT2D eigenvalue weighted by Crippen LogP contribution is -2.52. The number of carbonyl (C=O) groups is 2. The van der Waals surface area contributed by atoms with Crippen LogP contribution in [0, 0.1) is 0 Å². The molecular weight excluding hydrogens is 363 g/mol. The summed E-state index contributed by atoms with van der Waals surface area (Å²) in [6.45, 7) is 5.96. The number of carbonyl (C=O) groups excluding carboxylic acids is 2. The Bertz CT molecular complexity index is 639. The first-order chi connectivity index (χ1) is 12.6. The van der Waals surface area contributed by atoms with Crippen LogP contribution in [-0.4, -0.2) is 67.0 Å². The van der Waals surface area contributed by atoms with Crippen molar-refractivity contribution in [1.29, 1.82) is 0 Å². The van der Waals surface area contributed by atoms with E-state index in [1.54, 1.807) is 4.90 Å². The lowest BCUT2D eigenvalue weighted by atomic mass is 10.2. The van der Waals surface area contributed by atoms with Crippen LogP contribution in [0.1, 0.15) is 19.4 Å².